The summed E-state index contributed by atoms with van der Waals surface area (Å²) in [6, 6.07) is 3.52. The molecule has 0 spiro atoms. The number of aromatic nitrogens is 1. The molecule has 21 heavy (non-hydrogen) atoms. The van der Waals surface area contributed by atoms with Crippen molar-refractivity contribution >= 4 is 19.1 Å². The fourth-order valence-electron chi connectivity index (χ4n) is 1.92. The van der Waals surface area contributed by atoms with Crippen LogP contribution in [0.4, 0.5) is 0 Å². The molecule has 0 aliphatic carbocycles. The van der Waals surface area contributed by atoms with E-state index in [1.165, 1.54) is 0 Å². The number of hydrogen-bond donors (Lipinski definition) is 1. The van der Waals surface area contributed by atoms with Crippen molar-refractivity contribution in [3.63, 3.8) is 0 Å². The highest BCUT2D eigenvalue weighted by atomic mass is 16.7. The Morgan fingerprint density at radius 2 is 1.86 bits per heavy atom. The van der Waals surface area contributed by atoms with Gasteiger partial charge in [0.2, 0.25) is 0 Å². The zero-order chi connectivity index (χ0) is 15.7. The third kappa shape index (κ3) is 3.33. The Morgan fingerprint density at radius 1 is 1.24 bits per heavy atom. The summed E-state index contributed by atoms with van der Waals surface area (Å²) in [6.07, 6.45) is 3.52. The molecule has 1 saturated heterocycles. The Kier molecular flexibility index (Phi) is 4.21. The van der Waals surface area contributed by atoms with E-state index >= 15 is 0 Å². The van der Waals surface area contributed by atoms with Gasteiger partial charge in [-0.2, -0.15) is 0 Å². The maximum Gasteiger partial charge on any atom is 0.487 e. The van der Waals surface area contributed by atoms with Crippen LogP contribution in [0.25, 0.3) is 6.08 Å². The molecule has 1 fully saturated rings. The van der Waals surface area contributed by atoms with Gasteiger partial charge in [0.05, 0.1) is 11.2 Å². The van der Waals surface area contributed by atoms with E-state index in [0.29, 0.717) is 5.69 Å². The minimum atomic E-state index is -0.381. The zero-order valence-corrected chi connectivity index (χ0v) is 13.1. The van der Waals surface area contributed by atoms with Crippen LogP contribution < -0.4 is 5.32 Å². The Balaban J connectivity index is 2.04. The highest BCUT2D eigenvalue weighted by Crippen LogP contribution is 2.36. The van der Waals surface area contributed by atoms with Crippen LogP contribution in [-0.2, 0) is 9.31 Å². The lowest BCUT2D eigenvalue weighted by Crippen LogP contribution is -2.41. The normalized spacial score (nSPS) is 20.0. The second kappa shape index (κ2) is 5.62. The maximum atomic E-state index is 11.4. The first-order chi connectivity index (χ1) is 9.75. The zero-order valence-electron chi connectivity index (χ0n) is 13.1. The van der Waals surface area contributed by atoms with Crippen molar-refractivity contribution in [2.45, 2.75) is 38.9 Å². The van der Waals surface area contributed by atoms with Gasteiger partial charge in [-0.3, -0.25) is 9.78 Å². The number of pyridine rings is 1. The molecule has 5 nitrogen and oxygen atoms in total. The third-order valence-corrected chi connectivity index (χ3v) is 3.96. The van der Waals surface area contributed by atoms with Gasteiger partial charge in [0.25, 0.3) is 5.91 Å². The van der Waals surface area contributed by atoms with Gasteiger partial charge in [-0.15, -0.1) is 0 Å². The second-order valence-corrected chi connectivity index (χ2v) is 6.04. The lowest BCUT2D eigenvalue weighted by molar-refractivity contribution is 0.00578. The van der Waals surface area contributed by atoms with E-state index in [0.717, 1.165) is 5.56 Å². The molecule has 1 aliphatic heterocycles. The summed E-state index contributed by atoms with van der Waals surface area (Å²) in [5, 5.41) is 2.54. The van der Waals surface area contributed by atoms with Crippen molar-refractivity contribution in [3.05, 3.63) is 35.6 Å². The standard InChI is InChI=1S/C15H21BN2O3/c1-14(2)15(3,4)21-16(20-14)9-8-11-6-7-12(18-10-11)13(19)17-5/h6-10H,1-5H3,(H,17,19)/b9-8+. The number of amides is 1. The van der Waals surface area contributed by atoms with Crippen LogP contribution in [0.1, 0.15) is 43.7 Å². The molecule has 0 atom stereocenters. The average molecular weight is 288 g/mol. The maximum absolute atomic E-state index is 11.4. The van der Waals surface area contributed by atoms with Gasteiger partial charge in [-0.05, 0) is 39.3 Å². The van der Waals surface area contributed by atoms with E-state index in [1.54, 1.807) is 19.3 Å². The molecule has 0 bridgehead atoms. The minimum Gasteiger partial charge on any atom is -0.400 e. The van der Waals surface area contributed by atoms with Crippen LogP contribution in [0.3, 0.4) is 0 Å². The van der Waals surface area contributed by atoms with Gasteiger partial charge in [0.1, 0.15) is 5.69 Å². The summed E-state index contributed by atoms with van der Waals surface area (Å²) in [5.41, 5.74) is 0.592. The molecule has 1 aliphatic rings. The largest absolute Gasteiger partial charge is 0.487 e. The fourth-order valence-corrected chi connectivity index (χ4v) is 1.92. The number of carbonyl (C=O) groups is 1. The fraction of sp³-hybridized carbons (Fsp3) is 0.467. The highest BCUT2D eigenvalue weighted by Gasteiger charge is 2.49. The van der Waals surface area contributed by atoms with Gasteiger partial charge in [-0.25, -0.2) is 0 Å². The quantitative estimate of drug-likeness (QED) is 0.865. The van der Waals surface area contributed by atoms with E-state index < -0.39 is 0 Å². The summed E-state index contributed by atoms with van der Waals surface area (Å²) in [6.45, 7) is 8.06. The van der Waals surface area contributed by atoms with Crippen molar-refractivity contribution in [2.75, 3.05) is 7.05 Å². The first kappa shape index (κ1) is 15.7. The number of rotatable bonds is 3. The van der Waals surface area contributed by atoms with Crippen LogP contribution in [0.2, 0.25) is 0 Å². The first-order valence-electron chi connectivity index (χ1n) is 6.97. The Labute approximate surface area is 125 Å². The summed E-state index contributed by atoms with van der Waals surface area (Å²) in [7, 11) is 1.20. The summed E-state index contributed by atoms with van der Waals surface area (Å²) in [5.74, 6) is 1.66. The number of nitrogens with one attached hydrogen (secondary N) is 1. The van der Waals surface area contributed by atoms with Crippen molar-refractivity contribution in [2.24, 2.45) is 0 Å². The molecule has 1 amide bonds. The Morgan fingerprint density at radius 3 is 2.33 bits per heavy atom. The summed E-state index contributed by atoms with van der Waals surface area (Å²) in [4.78, 5) is 15.5. The summed E-state index contributed by atoms with van der Waals surface area (Å²) < 4.78 is 11.7. The van der Waals surface area contributed by atoms with E-state index in [9.17, 15) is 4.79 Å². The molecule has 1 aromatic heterocycles. The minimum absolute atomic E-state index is 0.198. The first-order valence-corrected chi connectivity index (χ1v) is 6.97. The Hall–Kier alpha value is -1.66. The lowest BCUT2D eigenvalue weighted by Gasteiger charge is -2.32. The van der Waals surface area contributed by atoms with Crippen LogP contribution in [-0.4, -0.2) is 36.3 Å². The monoisotopic (exact) mass is 288 g/mol. The number of carbonyl (C=O) groups excluding carboxylic acids is 1. The average Bonchev–Trinajstić information content (AvgIpc) is 2.64. The van der Waals surface area contributed by atoms with Crippen molar-refractivity contribution in [3.8, 4) is 0 Å². The molecular formula is C15H21BN2O3. The molecule has 2 rings (SSSR count). The van der Waals surface area contributed by atoms with Crippen molar-refractivity contribution < 1.29 is 14.1 Å². The molecule has 1 N–H and O–H groups in total. The van der Waals surface area contributed by atoms with Gasteiger partial charge >= 0.3 is 7.12 Å². The lowest BCUT2D eigenvalue weighted by atomic mass is 9.89. The van der Waals surface area contributed by atoms with Gasteiger partial charge in [0, 0.05) is 13.2 Å². The van der Waals surface area contributed by atoms with Crippen LogP contribution in [0.5, 0.6) is 0 Å². The third-order valence-electron chi connectivity index (χ3n) is 3.96. The smallest absolute Gasteiger partial charge is 0.400 e. The number of hydrogen-bond acceptors (Lipinski definition) is 4. The van der Waals surface area contributed by atoms with Gasteiger partial charge in [-0.1, -0.05) is 18.1 Å². The molecule has 2 heterocycles. The van der Waals surface area contributed by atoms with Crippen LogP contribution in [0, 0.1) is 0 Å². The van der Waals surface area contributed by atoms with Crippen molar-refractivity contribution in [1.29, 1.82) is 0 Å². The number of nitrogens with zero attached hydrogens (tertiary/aromatic N) is 1. The SMILES string of the molecule is CNC(=O)c1ccc(/C=C/B2OC(C)(C)C(C)(C)O2)cn1. The molecule has 0 aromatic carbocycles. The highest BCUT2D eigenvalue weighted by molar-refractivity contribution is 6.52. The van der Waals surface area contributed by atoms with Crippen molar-refractivity contribution in [1.82, 2.24) is 10.3 Å². The molecule has 0 saturated carbocycles. The van der Waals surface area contributed by atoms with E-state index in [-0.39, 0.29) is 24.2 Å². The predicted molar refractivity (Wildman–Crippen MR) is 82.7 cm³/mol. The second-order valence-electron chi connectivity index (χ2n) is 6.04. The van der Waals surface area contributed by atoms with E-state index in [2.05, 4.69) is 10.3 Å². The molecule has 0 radical (unpaired) electrons. The van der Waals surface area contributed by atoms with Crippen LogP contribution >= 0.6 is 0 Å². The molecule has 1 aromatic rings. The van der Waals surface area contributed by atoms with Gasteiger partial charge < -0.3 is 14.6 Å². The summed E-state index contributed by atoms with van der Waals surface area (Å²) >= 11 is 0. The molecular weight excluding hydrogens is 267 g/mol. The van der Waals surface area contributed by atoms with E-state index in [4.69, 9.17) is 9.31 Å². The van der Waals surface area contributed by atoms with E-state index in [1.807, 2.05) is 45.8 Å². The predicted octanol–water partition coefficient (Wildman–Crippen LogP) is 2.09. The van der Waals surface area contributed by atoms with Gasteiger partial charge in [0.15, 0.2) is 0 Å². The Bertz CT molecular complexity index is 537. The molecule has 6 heteroatoms. The topological polar surface area (TPSA) is 60.5 Å². The van der Waals surface area contributed by atoms with Crippen LogP contribution in [0.15, 0.2) is 24.3 Å². The molecule has 0 unspecified atom stereocenters. The molecule has 112 valence electrons.